The van der Waals surface area contributed by atoms with Crippen LogP contribution < -0.4 is 15.4 Å². The first-order valence-corrected chi connectivity index (χ1v) is 6.88. The molecule has 1 rings (SSSR count). The summed E-state index contributed by atoms with van der Waals surface area (Å²) in [5.74, 6) is -0.484. The van der Waals surface area contributed by atoms with Gasteiger partial charge in [0.05, 0.1) is 0 Å². The summed E-state index contributed by atoms with van der Waals surface area (Å²) in [5, 5.41) is 5.30. The van der Waals surface area contributed by atoms with Crippen molar-refractivity contribution in [3.05, 3.63) is 17.9 Å². The van der Waals surface area contributed by atoms with Gasteiger partial charge in [0.2, 0.25) is 5.09 Å². The standard InChI is InChI=1S/C10H17N3O4S.ClH/c1-7(11-2)6-13-10(14)8-4-5-9(17-8)18(15,16)12-3;/h4-5,7,11-12H,6H2,1-3H3,(H,13,14);1H. The Morgan fingerprint density at radius 3 is 2.53 bits per heavy atom. The Morgan fingerprint density at radius 2 is 2.00 bits per heavy atom. The van der Waals surface area contributed by atoms with Crippen LogP contribution in [0.3, 0.4) is 0 Å². The number of hydrogen-bond acceptors (Lipinski definition) is 5. The van der Waals surface area contributed by atoms with Crippen LogP contribution in [0.1, 0.15) is 17.5 Å². The zero-order chi connectivity index (χ0) is 13.8. The van der Waals surface area contributed by atoms with Crippen LogP contribution in [0.25, 0.3) is 0 Å². The molecule has 3 N–H and O–H groups in total. The molecule has 0 aliphatic carbocycles. The summed E-state index contributed by atoms with van der Waals surface area (Å²) >= 11 is 0. The van der Waals surface area contributed by atoms with Gasteiger partial charge in [-0.15, -0.1) is 12.4 Å². The molecule has 0 aliphatic heterocycles. The zero-order valence-electron chi connectivity index (χ0n) is 10.9. The van der Waals surface area contributed by atoms with Gasteiger partial charge in [-0.2, -0.15) is 0 Å². The van der Waals surface area contributed by atoms with Crippen LogP contribution in [0, 0.1) is 0 Å². The van der Waals surface area contributed by atoms with E-state index in [0.29, 0.717) is 6.54 Å². The summed E-state index contributed by atoms with van der Waals surface area (Å²) in [7, 11) is -0.607. The highest BCUT2D eigenvalue weighted by Crippen LogP contribution is 2.13. The second-order valence-corrected chi connectivity index (χ2v) is 5.54. The van der Waals surface area contributed by atoms with Crippen molar-refractivity contribution < 1.29 is 17.6 Å². The summed E-state index contributed by atoms with van der Waals surface area (Å²) in [4.78, 5) is 11.6. The van der Waals surface area contributed by atoms with Crippen molar-refractivity contribution in [2.24, 2.45) is 0 Å². The first-order valence-electron chi connectivity index (χ1n) is 5.39. The predicted octanol–water partition coefficient (Wildman–Crippen LogP) is -0.0528. The molecule has 1 heterocycles. The van der Waals surface area contributed by atoms with Crippen molar-refractivity contribution in [2.45, 2.75) is 18.1 Å². The number of furan rings is 1. The molecule has 9 heteroatoms. The SMILES string of the molecule is CNC(C)CNC(=O)c1ccc(S(=O)(=O)NC)o1.Cl. The van der Waals surface area contributed by atoms with E-state index in [0.717, 1.165) is 0 Å². The van der Waals surface area contributed by atoms with Crippen molar-refractivity contribution in [3.63, 3.8) is 0 Å². The number of carbonyl (C=O) groups excluding carboxylic acids is 1. The van der Waals surface area contributed by atoms with Gasteiger partial charge < -0.3 is 15.1 Å². The Kier molecular flexibility index (Phi) is 7.06. The molecule has 0 saturated heterocycles. The van der Waals surface area contributed by atoms with Crippen LogP contribution in [-0.4, -0.2) is 41.0 Å². The molecule has 19 heavy (non-hydrogen) atoms. The number of carbonyl (C=O) groups is 1. The highest BCUT2D eigenvalue weighted by molar-refractivity contribution is 7.89. The molecule has 1 amide bonds. The maximum atomic E-state index is 11.6. The summed E-state index contributed by atoms with van der Waals surface area (Å²) in [5.41, 5.74) is 0. The largest absolute Gasteiger partial charge is 0.438 e. The second-order valence-electron chi connectivity index (χ2n) is 3.73. The fourth-order valence-corrected chi connectivity index (χ4v) is 1.77. The van der Waals surface area contributed by atoms with Crippen molar-refractivity contribution in [2.75, 3.05) is 20.6 Å². The number of likely N-dealkylation sites (N-methyl/N-ethyl adjacent to an activating group) is 1. The van der Waals surface area contributed by atoms with E-state index in [2.05, 4.69) is 15.4 Å². The molecule has 0 radical (unpaired) electrons. The monoisotopic (exact) mass is 311 g/mol. The lowest BCUT2D eigenvalue weighted by atomic mass is 10.3. The molecule has 0 spiro atoms. The van der Waals surface area contributed by atoms with E-state index < -0.39 is 15.9 Å². The van der Waals surface area contributed by atoms with E-state index in [1.807, 2.05) is 6.92 Å². The van der Waals surface area contributed by atoms with Gasteiger partial charge in [0.25, 0.3) is 15.9 Å². The van der Waals surface area contributed by atoms with Crippen LogP contribution in [-0.2, 0) is 10.0 Å². The van der Waals surface area contributed by atoms with E-state index in [1.54, 1.807) is 7.05 Å². The quantitative estimate of drug-likeness (QED) is 0.684. The second kappa shape index (κ2) is 7.49. The maximum absolute atomic E-state index is 11.6. The number of hydrogen-bond donors (Lipinski definition) is 3. The number of sulfonamides is 1. The third-order valence-electron chi connectivity index (χ3n) is 2.40. The number of rotatable bonds is 6. The fourth-order valence-electron chi connectivity index (χ4n) is 1.12. The van der Waals surface area contributed by atoms with Crippen molar-refractivity contribution >= 4 is 28.3 Å². The molecule has 1 unspecified atom stereocenters. The minimum absolute atomic E-state index is 0. The lowest BCUT2D eigenvalue weighted by molar-refractivity contribution is 0.0917. The Labute approximate surface area is 118 Å². The third kappa shape index (κ3) is 4.83. The predicted molar refractivity (Wildman–Crippen MR) is 73.1 cm³/mol. The van der Waals surface area contributed by atoms with Crippen LogP contribution in [0.2, 0.25) is 0 Å². The number of nitrogens with one attached hydrogen (secondary N) is 3. The van der Waals surface area contributed by atoms with Crippen molar-refractivity contribution in [3.8, 4) is 0 Å². The van der Waals surface area contributed by atoms with Gasteiger partial charge in [0.15, 0.2) is 5.76 Å². The van der Waals surface area contributed by atoms with Gasteiger partial charge in [-0.3, -0.25) is 4.79 Å². The van der Waals surface area contributed by atoms with Crippen LogP contribution in [0.15, 0.2) is 21.6 Å². The lowest BCUT2D eigenvalue weighted by Crippen LogP contribution is -2.37. The molecule has 0 aliphatic rings. The molecular weight excluding hydrogens is 294 g/mol. The van der Waals surface area contributed by atoms with Gasteiger partial charge in [-0.05, 0) is 33.2 Å². The average molecular weight is 312 g/mol. The molecule has 110 valence electrons. The first kappa shape index (κ1) is 17.9. The summed E-state index contributed by atoms with van der Waals surface area (Å²) in [6, 6.07) is 2.68. The van der Waals surface area contributed by atoms with Gasteiger partial charge in [-0.25, -0.2) is 13.1 Å². The minimum Gasteiger partial charge on any atom is -0.438 e. The summed E-state index contributed by atoms with van der Waals surface area (Å²) in [6.07, 6.45) is 0. The van der Waals surface area contributed by atoms with Gasteiger partial charge in [0.1, 0.15) is 0 Å². The van der Waals surface area contributed by atoms with Gasteiger partial charge in [-0.1, -0.05) is 0 Å². The lowest BCUT2D eigenvalue weighted by Gasteiger charge is -2.10. The maximum Gasteiger partial charge on any atom is 0.287 e. The Balaban J connectivity index is 0.00000324. The number of amides is 1. The molecule has 0 aromatic carbocycles. The van der Waals surface area contributed by atoms with Crippen LogP contribution in [0.4, 0.5) is 0 Å². The molecule has 1 atom stereocenters. The third-order valence-corrected chi connectivity index (χ3v) is 3.69. The Hall–Kier alpha value is -1.09. The minimum atomic E-state index is -3.66. The Morgan fingerprint density at radius 1 is 1.37 bits per heavy atom. The topological polar surface area (TPSA) is 100 Å². The highest BCUT2D eigenvalue weighted by Gasteiger charge is 2.19. The average Bonchev–Trinajstić information content (AvgIpc) is 2.85. The summed E-state index contributed by atoms with van der Waals surface area (Å²) < 4.78 is 29.9. The molecule has 1 aromatic rings. The van der Waals surface area contributed by atoms with Crippen LogP contribution >= 0.6 is 12.4 Å². The van der Waals surface area contributed by atoms with E-state index in [-0.39, 0.29) is 29.3 Å². The van der Waals surface area contributed by atoms with E-state index >= 15 is 0 Å². The van der Waals surface area contributed by atoms with E-state index in [4.69, 9.17) is 4.42 Å². The molecule has 0 fully saturated rings. The van der Waals surface area contributed by atoms with Gasteiger partial charge >= 0.3 is 0 Å². The Bertz CT molecular complexity index is 515. The van der Waals surface area contributed by atoms with E-state index in [9.17, 15) is 13.2 Å². The molecule has 0 bridgehead atoms. The fraction of sp³-hybridized carbons (Fsp3) is 0.500. The first-order chi connectivity index (χ1) is 8.40. The molecule has 1 aromatic heterocycles. The highest BCUT2D eigenvalue weighted by atomic mass is 35.5. The summed E-state index contributed by atoms with van der Waals surface area (Å²) in [6.45, 7) is 2.32. The molecule has 0 saturated carbocycles. The molecular formula is C10H18ClN3O4S. The van der Waals surface area contributed by atoms with Crippen molar-refractivity contribution in [1.82, 2.24) is 15.4 Å². The number of halogens is 1. The molecule has 7 nitrogen and oxygen atoms in total. The van der Waals surface area contributed by atoms with Crippen molar-refractivity contribution in [1.29, 1.82) is 0 Å². The smallest absolute Gasteiger partial charge is 0.287 e. The van der Waals surface area contributed by atoms with Crippen LogP contribution in [0.5, 0.6) is 0 Å². The zero-order valence-corrected chi connectivity index (χ0v) is 12.5. The van der Waals surface area contributed by atoms with Gasteiger partial charge in [0, 0.05) is 12.6 Å². The normalized spacial score (nSPS) is 12.6. The van der Waals surface area contributed by atoms with E-state index in [1.165, 1.54) is 19.2 Å².